The highest BCUT2D eigenvalue weighted by atomic mass is 32.1. The summed E-state index contributed by atoms with van der Waals surface area (Å²) in [5.74, 6) is -0.887. The van der Waals surface area contributed by atoms with Gasteiger partial charge in [-0.25, -0.2) is 13.8 Å². The number of aromatic nitrogens is 1. The van der Waals surface area contributed by atoms with Crippen LogP contribution in [0.1, 0.15) is 24.1 Å². The SMILES string of the molecule is Cc1cccc(Nc2ccc(-c3c(F)cc(C(C)CO)cc3F)s2)n1. The topological polar surface area (TPSA) is 45.1 Å². The summed E-state index contributed by atoms with van der Waals surface area (Å²) in [5, 5.41) is 13.1. The molecule has 130 valence electrons. The molecule has 0 saturated carbocycles. The van der Waals surface area contributed by atoms with Crippen LogP contribution in [0.5, 0.6) is 0 Å². The monoisotopic (exact) mass is 360 g/mol. The van der Waals surface area contributed by atoms with E-state index in [0.29, 0.717) is 16.3 Å². The molecule has 6 heteroatoms. The van der Waals surface area contributed by atoms with E-state index < -0.39 is 11.6 Å². The summed E-state index contributed by atoms with van der Waals surface area (Å²) in [6.07, 6.45) is 0. The van der Waals surface area contributed by atoms with E-state index in [0.717, 1.165) is 10.7 Å². The first-order valence-corrected chi connectivity index (χ1v) is 8.70. The summed E-state index contributed by atoms with van der Waals surface area (Å²) in [4.78, 5) is 4.84. The maximum Gasteiger partial charge on any atom is 0.135 e. The number of nitrogens with zero attached hydrogens (tertiary/aromatic N) is 1. The fourth-order valence-electron chi connectivity index (χ4n) is 2.50. The lowest BCUT2D eigenvalue weighted by atomic mass is 9.99. The van der Waals surface area contributed by atoms with Gasteiger partial charge in [0, 0.05) is 23.1 Å². The van der Waals surface area contributed by atoms with Crippen molar-refractivity contribution in [2.45, 2.75) is 19.8 Å². The number of nitrogens with one attached hydrogen (secondary N) is 1. The van der Waals surface area contributed by atoms with Crippen LogP contribution >= 0.6 is 11.3 Å². The third kappa shape index (κ3) is 3.86. The third-order valence-corrected chi connectivity index (χ3v) is 4.92. The first-order chi connectivity index (χ1) is 12.0. The molecular weight excluding hydrogens is 342 g/mol. The molecule has 3 nitrogen and oxygen atoms in total. The molecule has 25 heavy (non-hydrogen) atoms. The molecule has 0 fully saturated rings. The molecule has 3 aromatic rings. The number of halogens is 2. The van der Waals surface area contributed by atoms with Crippen molar-refractivity contribution in [3.63, 3.8) is 0 Å². The van der Waals surface area contributed by atoms with E-state index in [2.05, 4.69) is 10.3 Å². The lowest BCUT2D eigenvalue weighted by molar-refractivity contribution is 0.272. The van der Waals surface area contributed by atoms with E-state index in [4.69, 9.17) is 5.11 Å². The Morgan fingerprint density at radius 1 is 1.16 bits per heavy atom. The molecule has 0 spiro atoms. The van der Waals surface area contributed by atoms with E-state index in [-0.39, 0.29) is 18.1 Å². The summed E-state index contributed by atoms with van der Waals surface area (Å²) in [5.41, 5.74) is 1.27. The minimum atomic E-state index is -0.627. The number of aliphatic hydroxyl groups excluding tert-OH is 1. The Morgan fingerprint density at radius 3 is 2.52 bits per heavy atom. The van der Waals surface area contributed by atoms with E-state index in [1.807, 2.05) is 25.1 Å². The average Bonchev–Trinajstić information content (AvgIpc) is 3.01. The van der Waals surface area contributed by atoms with Crippen molar-refractivity contribution in [2.24, 2.45) is 0 Å². The Hall–Kier alpha value is -2.31. The fraction of sp³-hybridized carbons (Fsp3) is 0.211. The van der Waals surface area contributed by atoms with Crippen molar-refractivity contribution >= 4 is 22.2 Å². The summed E-state index contributed by atoms with van der Waals surface area (Å²) in [7, 11) is 0. The van der Waals surface area contributed by atoms with E-state index in [1.54, 1.807) is 19.1 Å². The van der Waals surface area contributed by atoms with Crippen molar-refractivity contribution in [1.29, 1.82) is 0 Å². The fourth-order valence-corrected chi connectivity index (χ4v) is 3.46. The molecule has 1 aromatic carbocycles. The van der Waals surface area contributed by atoms with Crippen LogP contribution in [0.2, 0.25) is 0 Å². The van der Waals surface area contributed by atoms with Crippen LogP contribution in [0, 0.1) is 18.6 Å². The van der Waals surface area contributed by atoms with Gasteiger partial charge >= 0.3 is 0 Å². The lowest BCUT2D eigenvalue weighted by Gasteiger charge is -2.11. The molecule has 0 bridgehead atoms. The second-order valence-corrected chi connectivity index (χ2v) is 6.98. The van der Waals surface area contributed by atoms with Gasteiger partial charge in [0.25, 0.3) is 0 Å². The van der Waals surface area contributed by atoms with Gasteiger partial charge in [0.1, 0.15) is 17.5 Å². The zero-order valence-electron chi connectivity index (χ0n) is 13.9. The van der Waals surface area contributed by atoms with Crippen LogP contribution in [0.25, 0.3) is 10.4 Å². The molecule has 0 aliphatic heterocycles. The van der Waals surface area contributed by atoms with Crippen molar-refractivity contribution < 1.29 is 13.9 Å². The van der Waals surface area contributed by atoms with Gasteiger partial charge < -0.3 is 10.4 Å². The number of aliphatic hydroxyl groups is 1. The van der Waals surface area contributed by atoms with Crippen molar-refractivity contribution in [3.8, 4) is 10.4 Å². The minimum Gasteiger partial charge on any atom is -0.396 e. The van der Waals surface area contributed by atoms with Crippen LogP contribution < -0.4 is 5.32 Å². The molecule has 2 aromatic heterocycles. The standard InChI is InChI=1S/C19H18F2N2OS/c1-11(10-24)13-8-14(20)19(15(21)9-13)16-6-7-18(25-16)23-17-5-3-4-12(2)22-17/h3-9,11,24H,10H2,1-2H3,(H,22,23). The molecule has 0 aliphatic rings. The molecule has 2 heterocycles. The quantitative estimate of drug-likeness (QED) is 0.654. The third-order valence-electron chi connectivity index (χ3n) is 3.90. The van der Waals surface area contributed by atoms with E-state index in [1.165, 1.54) is 23.5 Å². The normalized spacial score (nSPS) is 12.2. The number of benzene rings is 1. The Balaban J connectivity index is 1.89. The highest BCUT2D eigenvalue weighted by Gasteiger charge is 2.17. The lowest BCUT2D eigenvalue weighted by Crippen LogP contribution is -2.01. The van der Waals surface area contributed by atoms with Crippen LogP contribution in [-0.4, -0.2) is 16.7 Å². The minimum absolute atomic E-state index is 0.0517. The van der Waals surface area contributed by atoms with Crippen LogP contribution in [0.3, 0.4) is 0 Å². The van der Waals surface area contributed by atoms with Gasteiger partial charge in [-0.05, 0) is 48.9 Å². The molecule has 1 atom stereocenters. The first-order valence-electron chi connectivity index (χ1n) is 7.88. The summed E-state index contributed by atoms with van der Waals surface area (Å²) in [6.45, 7) is 3.45. The number of thiophene rings is 1. The predicted octanol–water partition coefficient (Wildman–Crippen LogP) is 5.24. The van der Waals surface area contributed by atoms with Crippen molar-refractivity contribution in [3.05, 3.63) is 65.4 Å². The Labute approximate surface area is 149 Å². The zero-order chi connectivity index (χ0) is 18.0. The zero-order valence-corrected chi connectivity index (χ0v) is 14.7. The van der Waals surface area contributed by atoms with Gasteiger partial charge in [-0.15, -0.1) is 11.3 Å². The summed E-state index contributed by atoms with van der Waals surface area (Å²) in [6, 6.07) is 11.6. The van der Waals surface area contributed by atoms with Gasteiger partial charge in [-0.2, -0.15) is 0 Å². The van der Waals surface area contributed by atoms with Crippen LogP contribution in [0.4, 0.5) is 19.6 Å². The highest BCUT2D eigenvalue weighted by Crippen LogP contribution is 2.37. The van der Waals surface area contributed by atoms with Gasteiger partial charge in [0.05, 0.1) is 10.6 Å². The highest BCUT2D eigenvalue weighted by molar-refractivity contribution is 7.19. The molecule has 0 radical (unpaired) electrons. The number of pyridine rings is 1. The maximum atomic E-state index is 14.4. The predicted molar refractivity (Wildman–Crippen MR) is 97.4 cm³/mol. The smallest absolute Gasteiger partial charge is 0.135 e. The van der Waals surface area contributed by atoms with E-state index >= 15 is 0 Å². The van der Waals surface area contributed by atoms with Crippen LogP contribution in [0.15, 0.2) is 42.5 Å². The second-order valence-electron chi connectivity index (χ2n) is 5.90. The number of anilines is 2. The molecule has 0 saturated heterocycles. The summed E-state index contributed by atoms with van der Waals surface area (Å²) >= 11 is 1.25. The van der Waals surface area contributed by atoms with E-state index in [9.17, 15) is 8.78 Å². The number of hydrogen-bond donors (Lipinski definition) is 2. The maximum absolute atomic E-state index is 14.4. The van der Waals surface area contributed by atoms with Gasteiger partial charge in [0.2, 0.25) is 0 Å². The second kappa shape index (κ2) is 7.29. The molecule has 0 aliphatic carbocycles. The molecule has 3 rings (SSSR count). The van der Waals surface area contributed by atoms with Gasteiger partial charge in [0.15, 0.2) is 0 Å². The largest absolute Gasteiger partial charge is 0.396 e. The Kier molecular flexibility index (Phi) is 5.11. The molecular formula is C19H18F2N2OS. The average molecular weight is 360 g/mol. The Bertz CT molecular complexity index is 872. The number of rotatable bonds is 5. The molecule has 2 N–H and O–H groups in total. The van der Waals surface area contributed by atoms with Crippen molar-refractivity contribution in [1.82, 2.24) is 4.98 Å². The van der Waals surface area contributed by atoms with Crippen LogP contribution in [-0.2, 0) is 0 Å². The first kappa shape index (κ1) is 17.5. The Morgan fingerprint density at radius 2 is 1.88 bits per heavy atom. The van der Waals surface area contributed by atoms with Crippen molar-refractivity contribution in [2.75, 3.05) is 11.9 Å². The summed E-state index contributed by atoms with van der Waals surface area (Å²) < 4.78 is 28.9. The van der Waals surface area contributed by atoms with Gasteiger partial charge in [-0.3, -0.25) is 0 Å². The number of aryl methyl sites for hydroxylation is 1. The molecule has 0 amide bonds. The van der Waals surface area contributed by atoms with Gasteiger partial charge in [-0.1, -0.05) is 13.0 Å². The number of hydrogen-bond acceptors (Lipinski definition) is 4. The molecule has 1 unspecified atom stereocenters.